The third-order valence-corrected chi connectivity index (χ3v) is 3.46. The summed E-state index contributed by atoms with van der Waals surface area (Å²) in [5.74, 6) is 0.569. The maximum Gasteiger partial charge on any atom is 0.406 e. The maximum atomic E-state index is 12.6. The Balaban J connectivity index is 2.23. The van der Waals surface area contributed by atoms with Crippen LogP contribution in [-0.2, 0) is 0 Å². The Morgan fingerprint density at radius 3 is 2.64 bits per heavy atom. The predicted octanol–water partition coefficient (Wildman–Crippen LogP) is 2.53. The van der Waals surface area contributed by atoms with Crippen LogP contribution in [0.4, 0.5) is 13.2 Å². The zero-order chi connectivity index (χ0) is 10.4. The fourth-order valence-electron chi connectivity index (χ4n) is 1.24. The Kier molecular flexibility index (Phi) is 2.13. The van der Waals surface area contributed by atoms with E-state index < -0.39 is 9.60 Å². The lowest BCUT2D eigenvalue weighted by atomic mass is 9.93. The van der Waals surface area contributed by atoms with Gasteiger partial charge in [-0.25, -0.2) is 0 Å². The molecule has 0 fully saturated rings. The molecule has 0 bridgehead atoms. The summed E-state index contributed by atoms with van der Waals surface area (Å²) in [6, 6.07) is 0. The number of hydrogen-bond donors (Lipinski definition) is 1. The quantitative estimate of drug-likeness (QED) is 0.586. The van der Waals surface area contributed by atoms with Gasteiger partial charge in [0.05, 0.1) is 0 Å². The van der Waals surface area contributed by atoms with Crippen molar-refractivity contribution in [3.05, 3.63) is 23.8 Å². The molecular weight excluding hydrogens is 308 g/mol. The number of halogens is 4. The Bertz CT molecular complexity index is 356. The summed E-state index contributed by atoms with van der Waals surface area (Å²) in [5, 5.41) is 3.67. The van der Waals surface area contributed by atoms with E-state index in [9.17, 15) is 13.2 Å². The molecule has 1 aliphatic heterocycles. The van der Waals surface area contributed by atoms with Gasteiger partial charge >= 0.3 is 6.18 Å². The van der Waals surface area contributed by atoms with Gasteiger partial charge in [0.15, 0.2) is 5.84 Å². The molecular formula is C8H6F3IN2. The molecule has 0 aromatic carbocycles. The topological polar surface area (TPSA) is 34.3 Å². The maximum absolute atomic E-state index is 12.6. The molecule has 76 valence electrons. The van der Waals surface area contributed by atoms with Crippen molar-refractivity contribution in [2.45, 2.75) is 16.0 Å². The molecule has 0 amide bonds. The number of hydrazone groups is 1. The van der Waals surface area contributed by atoms with Crippen LogP contribution >= 0.6 is 22.6 Å². The standard InChI is InChI=1S/C8H6F3IN2/c9-8(10,11)7(12)3-1-2-5(4-7)6-13-14-6/h1-3H,4H2,(H,13,14). The first-order valence-electron chi connectivity index (χ1n) is 3.90. The molecule has 6 heteroatoms. The van der Waals surface area contributed by atoms with Crippen molar-refractivity contribution in [1.82, 2.24) is 5.43 Å². The van der Waals surface area contributed by atoms with Crippen LogP contribution in [0.15, 0.2) is 28.9 Å². The van der Waals surface area contributed by atoms with Crippen molar-refractivity contribution >= 4 is 28.4 Å². The third kappa shape index (κ3) is 1.67. The lowest BCUT2D eigenvalue weighted by Crippen LogP contribution is -2.39. The van der Waals surface area contributed by atoms with E-state index >= 15 is 0 Å². The van der Waals surface area contributed by atoms with Gasteiger partial charge < -0.3 is 0 Å². The van der Waals surface area contributed by atoms with Crippen LogP contribution in [0.5, 0.6) is 0 Å². The van der Waals surface area contributed by atoms with Crippen LogP contribution in [0.2, 0.25) is 0 Å². The van der Waals surface area contributed by atoms with Gasteiger partial charge in [-0.3, -0.25) is 5.43 Å². The van der Waals surface area contributed by atoms with Crippen molar-refractivity contribution in [3.63, 3.8) is 0 Å². The van der Waals surface area contributed by atoms with E-state index in [0.717, 1.165) is 0 Å². The molecule has 0 spiro atoms. The number of rotatable bonds is 1. The summed E-state index contributed by atoms with van der Waals surface area (Å²) < 4.78 is 36.1. The summed E-state index contributed by atoms with van der Waals surface area (Å²) in [5.41, 5.74) is 3.17. The van der Waals surface area contributed by atoms with Gasteiger partial charge in [-0.15, -0.1) is 0 Å². The van der Waals surface area contributed by atoms with E-state index in [1.807, 2.05) is 0 Å². The number of nitrogens with one attached hydrogen (secondary N) is 1. The van der Waals surface area contributed by atoms with Crippen LogP contribution < -0.4 is 5.43 Å². The summed E-state index contributed by atoms with van der Waals surface area (Å²) >= 11 is 1.44. The average molecular weight is 314 g/mol. The second-order valence-corrected chi connectivity index (χ2v) is 5.09. The molecule has 2 nitrogen and oxygen atoms in total. The first-order valence-corrected chi connectivity index (χ1v) is 4.98. The molecule has 0 saturated carbocycles. The second kappa shape index (κ2) is 2.98. The molecule has 0 aromatic rings. The Morgan fingerprint density at radius 2 is 2.14 bits per heavy atom. The summed E-state index contributed by atoms with van der Waals surface area (Å²) in [7, 11) is 0. The van der Waals surface area contributed by atoms with E-state index in [0.29, 0.717) is 11.4 Å². The van der Waals surface area contributed by atoms with Gasteiger partial charge in [0.1, 0.15) is 3.42 Å². The van der Waals surface area contributed by atoms with Crippen molar-refractivity contribution in [3.8, 4) is 0 Å². The second-order valence-electron chi connectivity index (χ2n) is 3.16. The monoisotopic (exact) mass is 314 g/mol. The molecule has 2 aliphatic rings. The van der Waals surface area contributed by atoms with Gasteiger partial charge in [0.2, 0.25) is 0 Å². The molecule has 14 heavy (non-hydrogen) atoms. The van der Waals surface area contributed by atoms with Crippen molar-refractivity contribution in [1.29, 1.82) is 0 Å². The summed E-state index contributed by atoms with van der Waals surface area (Å²) in [4.78, 5) is 0. The molecule has 0 radical (unpaired) electrons. The number of hydrogen-bond acceptors (Lipinski definition) is 2. The van der Waals surface area contributed by atoms with Crippen LogP contribution in [0.1, 0.15) is 6.42 Å². The highest BCUT2D eigenvalue weighted by Gasteiger charge is 2.52. The van der Waals surface area contributed by atoms with Gasteiger partial charge in [-0.1, -0.05) is 40.8 Å². The first kappa shape index (κ1) is 10.0. The lowest BCUT2D eigenvalue weighted by molar-refractivity contribution is -0.142. The zero-order valence-electron chi connectivity index (χ0n) is 6.90. The summed E-state index contributed by atoms with van der Waals surface area (Å²) in [6.45, 7) is 0. The number of nitrogens with zero attached hydrogens (tertiary/aromatic N) is 1. The van der Waals surface area contributed by atoms with E-state index in [4.69, 9.17) is 0 Å². The summed E-state index contributed by atoms with van der Waals surface area (Å²) in [6.07, 6.45) is -0.0127. The molecule has 0 aromatic heterocycles. The normalized spacial score (nSPS) is 30.6. The average Bonchev–Trinajstić information content (AvgIpc) is 2.84. The van der Waals surface area contributed by atoms with E-state index in [-0.39, 0.29) is 6.42 Å². The van der Waals surface area contributed by atoms with E-state index in [2.05, 4.69) is 10.5 Å². The number of allylic oxidation sites excluding steroid dienone is 3. The molecule has 0 saturated heterocycles. The Labute approximate surface area is 92.1 Å². The third-order valence-electron chi connectivity index (χ3n) is 2.10. The fraction of sp³-hybridized carbons (Fsp3) is 0.375. The van der Waals surface area contributed by atoms with Crippen LogP contribution in [0, 0.1) is 0 Å². The Morgan fingerprint density at radius 1 is 1.50 bits per heavy atom. The smallest absolute Gasteiger partial charge is 0.258 e. The molecule has 1 unspecified atom stereocenters. The zero-order valence-corrected chi connectivity index (χ0v) is 9.06. The fourth-order valence-corrected chi connectivity index (χ4v) is 1.86. The van der Waals surface area contributed by atoms with Crippen molar-refractivity contribution in [2.75, 3.05) is 0 Å². The van der Waals surface area contributed by atoms with E-state index in [1.165, 1.54) is 34.7 Å². The minimum atomic E-state index is -4.22. The van der Waals surface area contributed by atoms with Gasteiger partial charge in [-0.2, -0.15) is 18.3 Å². The van der Waals surface area contributed by atoms with E-state index in [1.54, 1.807) is 6.08 Å². The van der Waals surface area contributed by atoms with Crippen LogP contribution in [0.25, 0.3) is 0 Å². The van der Waals surface area contributed by atoms with Gasteiger partial charge in [0, 0.05) is 6.42 Å². The highest BCUT2D eigenvalue weighted by molar-refractivity contribution is 14.1. The minimum absolute atomic E-state index is 0.0562. The van der Waals surface area contributed by atoms with Crippen molar-refractivity contribution < 1.29 is 13.2 Å². The number of alkyl halides is 4. The molecule has 2 rings (SSSR count). The first-order chi connectivity index (χ1) is 6.42. The Hall–Kier alpha value is -0.530. The highest BCUT2D eigenvalue weighted by atomic mass is 127. The lowest BCUT2D eigenvalue weighted by Gasteiger charge is -2.28. The SMILES string of the molecule is FC(F)(F)C1(I)C=CC=C(C2=NN2)C1. The van der Waals surface area contributed by atoms with Crippen molar-refractivity contribution in [2.24, 2.45) is 5.10 Å². The molecule has 1 heterocycles. The molecule has 1 atom stereocenters. The minimum Gasteiger partial charge on any atom is -0.258 e. The van der Waals surface area contributed by atoms with Gasteiger partial charge in [-0.05, 0) is 5.57 Å². The number of amidine groups is 1. The van der Waals surface area contributed by atoms with Crippen LogP contribution in [-0.4, -0.2) is 15.4 Å². The van der Waals surface area contributed by atoms with Gasteiger partial charge in [0.25, 0.3) is 0 Å². The van der Waals surface area contributed by atoms with Crippen LogP contribution in [0.3, 0.4) is 0 Å². The predicted molar refractivity (Wildman–Crippen MR) is 55.2 cm³/mol. The molecule has 1 N–H and O–H groups in total. The molecule has 1 aliphatic carbocycles. The highest BCUT2D eigenvalue weighted by Crippen LogP contribution is 2.46. The largest absolute Gasteiger partial charge is 0.406 e.